The molecule has 0 aliphatic heterocycles. The van der Waals surface area contributed by atoms with Crippen LogP contribution in [0.15, 0.2) is 0 Å². The van der Waals surface area contributed by atoms with E-state index in [9.17, 15) is 0 Å². The Kier molecular flexibility index (Phi) is 36.2. The quantitative estimate of drug-likeness (QED) is 0.173. The number of thiocarbonyl (C=S) groups is 2. The van der Waals surface area contributed by atoms with Crippen LogP contribution in [0.4, 0.5) is 0 Å². The molecule has 8 heteroatoms. The van der Waals surface area contributed by atoms with Crippen molar-refractivity contribution in [1.29, 1.82) is 0 Å². The van der Waals surface area contributed by atoms with Gasteiger partial charge in [0.05, 0.1) is 0 Å². The molecule has 0 saturated heterocycles. The van der Waals surface area contributed by atoms with Crippen molar-refractivity contribution >= 4 is 58.3 Å². The zero-order chi connectivity index (χ0) is 18.8. The first kappa shape index (κ1) is 35.2. The number of unbranched alkanes of at least 4 members (excludes halogenated alkanes) is 4. The van der Waals surface area contributed by atoms with E-state index in [4.69, 9.17) is 24.4 Å². The largest absolute Gasteiger partial charge is 0.358 e. The minimum atomic E-state index is 0. The van der Waals surface area contributed by atoms with Gasteiger partial charge in [0, 0.05) is 65.1 Å². The van der Waals surface area contributed by atoms with E-state index in [1.807, 2.05) is 0 Å². The van der Waals surface area contributed by atoms with Crippen LogP contribution in [0.1, 0.15) is 79.1 Å². The Morgan fingerprint density at radius 2 is 0.769 bits per heavy atom. The van der Waals surface area contributed by atoms with E-state index < -0.39 is 0 Å². The Bertz CT molecular complexity index is 276. The zero-order valence-electron chi connectivity index (χ0n) is 17.5. The maximum atomic E-state index is 5.03. The van der Waals surface area contributed by atoms with Gasteiger partial charge in [-0.15, -0.1) is 25.3 Å². The molecule has 0 spiro atoms. The van der Waals surface area contributed by atoms with E-state index in [0.717, 1.165) is 34.8 Å². The molecule has 0 aromatic heterocycles. The second-order valence-corrected chi connectivity index (χ2v) is 8.18. The van der Waals surface area contributed by atoms with Crippen LogP contribution in [-0.4, -0.2) is 44.6 Å². The molecular formula is C18H38N2S4Zn2. The van der Waals surface area contributed by atoms with Crippen LogP contribution in [-0.2, 0) is 39.0 Å². The Hall–Kier alpha value is 1.73. The summed E-state index contributed by atoms with van der Waals surface area (Å²) in [6, 6.07) is 0. The number of hydrogen-bond acceptors (Lipinski definition) is 2. The van der Waals surface area contributed by atoms with E-state index >= 15 is 0 Å². The molecule has 0 bridgehead atoms. The SMILES string of the molecule is CCCCN(CCCC)C(=S)S.CCCCN(CCCC)C(=S)S.[Zn].[Zn]. The first-order chi connectivity index (χ1) is 11.4. The first-order valence-electron chi connectivity index (χ1n) is 9.40. The molecule has 0 atom stereocenters. The van der Waals surface area contributed by atoms with Crippen LogP contribution in [0.5, 0.6) is 0 Å². The summed E-state index contributed by atoms with van der Waals surface area (Å²) in [6.45, 7) is 13.0. The van der Waals surface area contributed by atoms with Gasteiger partial charge >= 0.3 is 0 Å². The Morgan fingerprint density at radius 1 is 0.577 bits per heavy atom. The van der Waals surface area contributed by atoms with Gasteiger partial charge in [0.1, 0.15) is 8.64 Å². The molecule has 0 aromatic rings. The second kappa shape index (κ2) is 26.7. The fraction of sp³-hybridized carbons (Fsp3) is 0.889. The molecule has 0 amide bonds. The van der Waals surface area contributed by atoms with E-state index in [1.54, 1.807) is 0 Å². The van der Waals surface area contributed by atoms with Crippen LogP contribution in [0.2, 0.25) is 0 Å². The molecule has 0 aliphatic rings. The van der Waals surface area contributed by atoms with Gasteiger partial charge in [-0.2, -0.15) is 0 Å². The van der Waals surface area contributed by atoms with Gasteiger partial charge in [-0.05, 0) is 25.7 Å². The molecule has 2 nitrogen and oxygen atoms in total. The molecule has 0 fully saturated rings. The number of rotatable bonds is 12. The van der Waals surface area contributed by atoms with Crippen molar-refractivity contribution < 1.29 is 39.0 Å². The second-order valence-electron chi connectivity index (χ2n) is 5.95. The fourth-order valence-corrected chi connectivity index (χ4v) is 2.77. The molecule has 26 heavy (non-hydrogen) atoms. The third-order valence-electron chi connectivity index (χ3n) is 3.67. The van der Waals surface area contributed by atoms with Crippen molar-refractivity contribution in [3.63, 3.8) is 0 Å². The van der Waals surface area contributed by atoms with Crippen molar-refractivity contribution in [3.05, 3.63) is 0 Å². The number of nitrogens with zero attached hydrogens (tertiary/aromatic N) is 2. The average molecular weight is 542 g/mol. The zero-order valence-corrected chi connectivity index (χ0v) is 26.9. The third kappa shape index (κ3) is 23.8. The van der Waals surface area contributed by atoms with Crippen molar-refractivity contribution in [2.75, 3.05) is 26.2 Å². The van der Waals surface area contributed by atoms with Gasteiger partial charge in [-0.1, -0.05) is 77.8 Å². The minimum Gasteiger partial charge on any atom is -0.358 e. The smallest absolute Gasteiger partial charge is 0.133 e. The van der Waals surface area contributed by atoms with Crippen LogP contribution in [0.25, 0.3) is 0 Å². The maximum absolute atomic E-state index is 5.03. The van der Waals surface area contributed by atoms with Gasteiger partial charge < -0.3 is 9.80 Å². The summed E-state index contributed by atoms with van der Waals surface area (Å²) in [7, 11) is 0. The van der Waals surface area contributed by atoms with Crippen LogP contribution in [0.3, 0.4) is 0 Å². The molecule has 0 aromatic carbocycles. The number of thiol groups is 2. The molecule has 148 valence electrons. The summed E-state index contributed by atoms with van der Waals surface area (Å²) >= 11 is 18.5. The van der Waals surface area contributed by atoms with Crippen LogP contribution < -0.4 is 0 Å². The predicted molar refractivity (Wildman–Crippen MR) is 126 cm³/mol. The van der Waals surface area contributed by atoms with Crippen molar-refractivity contribution in [3.8, 4) is 0 Å². The fourth-order valence-electron chi connectivity index (χ4n) is 2.00. The van der Waals surface area contributed by atoms with Gasteiger partial charge in [0.2, 0.25) is 0 Å². The minimum absolute atomic E-state index is 0. The van der Waals surface area contributed by atoms with Gasteiger partial charge in [0.15, 0.2) is 0 Å². The average Bonchev–Trinajstić information content (AvgIpc) is 2.55. The molecule has 0 heterocycles. The van der Waals surface area contributed by atoms with Gasteiger partial charge in [-0.25, -0.2) is 0 Å². The molecule has 0 saturated carbocycles. The Morgan fingerprint density at radius 3 is 0.885 bits per heavy atom. The van der Waals surface area contributed by atoms with Gasteiger partial charge in [0.25, 0.3) is 0 Å². The van der Waals surface area contributed by atoms with E-state index in [0.29, 0.717) is 0 Å². The molecule has 0 radical (unpaired) electrons. The van der Waals surface area contributed by atoms with E-state index in [-0.39, 0.29) is 39.0 Å². The number of hydrogen-bond donors (Lipinski definition) is 2. The van der Waals surface area contributed by atoms with Crippen molar-refractivity contribution in [1.82, 2.24) is 9.80 Å². The normalized spacial score (nSPS) is 9.15. The monoisotopic (exact) mass is 538 g/mol. The summed E-state index contributed by atoms with van der Waals surface area (Å²) in [5.74, 6) is 0. The van der Waals surface area contributed by atoms with E-state index in [2.05, 4.69) is 62.8 Å². The Balaban J connectivity index is -0.000000173. The topological polar surface area (TPSA) is 6.48 Å². The summed E-state index contributed by atoms with van der Waals surface area (Å²) in [5, 5.41) is 0. The predicted octanol–water partition coefficient (Wildman–Crippen LogP) is 6.20. The van der Waals surface area contributed by atoms with Gasteiger partial charge in [-0.3, -0.25) is 0 Å². The standard InChI is InChI=1S/2C9H19NS2.2Zn/c2*1-3-5-7-10(9(11)12)8-6-4-2;;/h2*3-8H2,1-2H3,(H,11,12);;. The first-order valence-corrected chi connectivity index (χ1v) is 11.1. The molecule has 0 aliphatic carbocycles. The molecular weight excluding hydrogens is 503 g/mol. The van der Waals surface area contributed by atoms with Crippen molar-refractivity contribution in [2.24, 2.45) is 0 Å². The molecule has 0 rings (SSSR count). The van der Waals surface area contributed by atoms with Crippen LogP contribution in [0, 0.1) is 0 Å². The summed E-state index contributed by atoms with van der Waals surface area (Å²) in [6.07, 6.45) is 9.74. The summed E-state index contributed by atoms with van der Waals surface area (Å²) < 4.78 is 1.49. The summed E-state index contributed by atoms with van der Waals surface area (Å²) in [5.41, 5.74) is 0. The Labute approximate surface area is 210 Å². The maximum Gasteiger partial charge on any atom is 0.133 e. The molecule has 0 unspecified atom stereocenters. The van der Waals surface area contributed by atoms with Crippen molar-refractivity contribution in [2.45, 2.75) is 79.1 Å². The van der Waals surface area contributed by atoms with E-state index in [1.165, 1.54) is 51.4 Å². The molecule has 0 N–H and O–H groups in total. The summed E-state index contributed by atoms with van der Waals surface area (Å²) in [4.78, 5) is 4.37. The third-order valence-corrected chi connectivity index (χ3v) is 4.75. The van der Waals surface area contributed by atoms with Crippen LogP contribution >= 0.6 is 49.7 Å².